The lowest BCUT2D eigenvalue weighted by atomic mass is 10.1. The number of hydrogen-bond acceptors (Lipinski definition) is 6. The number of halogens is 7. The van der Waals surface area contributed by atoms with Gasteiger partial charge in [0.2, 0.25) is 0 Å². The van der Waals surface area contributed by atoms with Crippen LogP contribution in [0.2, 0.25) is 0 Å². The third-order valence-corrected chi connectivity index (χ3v) is 4.07. The summed E-state index contributed by atoms with van der Waals surface area (Å²) in [7, 11) is -5.10. The SMILES string of the molecule is C=CCC(OOP(=O)(OCl)OOC(CC=C)C(=C)C(F)(F)F)C(=C)C(F)(F)F. The largest absolute Gasteiger partial charge is 0.545 e. The van der Waals surface area contributed by atoms with Gasteiger partial charge in [-0.2, -0.15) is 30.4 Å². The average Bonchev–Trinajstić information content (AvgIpc) is 2.59. The maximum atomic E-state index is 12.7. The zero-order chi connectivity index (χ0) is 22.2. The van der Waals surface area contributed by atoms with E-state index in [-0.39, 0.29) is 0 Å². The molecule has 6 nitrogen and oxygen atoms in total. The summed E-state index contributed by atoms with van der Waals surface area (Å²) in [5, 5.41) is 0. The van der Waals surface area contributed by atoms with E-state index in [0.29, 0.717) is 0 Å². The van der Waals surface area contributed by atoms with Crippen LogP contribution in [0, 0.1) is 0 Å². The minimum absolute atomic E-state index is 0.495. The minimum atomic E-state index is -5.10. The van der Waals surface area contributed by atoms with Gasteiger partial charge >= 0.3 is 20.2 Å². The Labute approximate surface area is 161 Å². The van der Waals surface area contributed by atoms with Crippen molar-refractivity contribution < 1.29 is 54.1 Å². The van der Waals surface area contributed by atoms with Crippen LogP contribution in [0.4, 0.5) is 26.3 Å². The highest BCUT2D eigenvalue weighted by atomic mass is 35.5. The van der Waals surface area contributed by atoms with Crippen LogP contribution in [0.1, 0.15) is 12.8 Å². The molecule has 0 aliphatic rings. The fourth-order valence-corrected chi connectivity index (χ4v) is 2.02. The molecule has 2 unspecified atom stereocenters. The van der Waals surface area contributed by atoms with Crippen molar-refractivity contribution in [2.75, 3.05) is 0 Å². The van der Waals surface area contributed by atoms with E-state index in [2.05, 4.69) is 49.5 Å². The average molecular weight is 461 g/mol. The molecular weight excluding hydrogens is 445 g/mol. The second kappa shape index (κ2) is 11.1. The van der Waals surface area contributed by atoms with Gasteiger partial charge in [-0.3, -0.25) is 0 Å². The van der Waals surface area contributed by atoms with Crippen LogP contribution in [0.3, 0.4) is 0 Å². The summed E-state index contributed by atoms with van der Waals surface area (Å²) >= 11 is 4.87. The summed E-state index contributed by atoms with van der Waals surface area (Å²) in [6, 6.07) is 0. The van der Waals surface area contributed by atoms with Gasteiger partial charge in [0.15, 0.2) is 0 Å². The fraction of sp³-hybridized carbons (Fsp3) is 0.429. The van der Waals surface area contributed by atoms with E-state index in [1.54, 1.807) is 0 Å². The van der Waals surface area contributed by atoms with Gasteiger partial charge in [-0.1, -0.05) is 25.3 Å². The maximum absolute atomic E-state index is 12.7. The van der Waals surface area contributed by atoms with Crippen LogP contribution < -0.4 is 0 Å². The monoisotopic (exact) mass is 460 g/mol. The lowest BCUT2D eigenvalue weighted by molar-refractivity contribution is -0.306. The van der Waals surface area contributed by atoms with E-state index in [1.807, 2.05) is 0 Å². The van der Waals surface area contributed by atoms with Crippen molar-refractivity contribution in [2.45, 2.75) is 37.4 Å². The predicted molar refractivity (Wildman–Crippen MR) is 86.5 cm³/mol. The van der Waals surface area contributed by atoms with Crippen molar-refractivity contribution in [3.63, 3.8) is 0 Å². The summed E-state index contributed by atoms with van der Waals surface area (Å²) in [6.45, 7) is 11.9. The van der Waals surface area contributed by atoms with Crippen LogP contribution in [0.5, 0.6) is 0 Å². The first-order valence-electron chi connectivity index (χ1n) is 7.06. The first kappa shape index (κ1) is 26.9. The first-order valence-corrected chi connectivity index (χ1v) is 8.83. The summed E-state index contributed by atoms with van der Waals surface area (Å²) in [6.07, 6.45) is -12.7. The zero-order valence-corrected chi connectivity index (χ0v) is 15.7. The van der Waals surface area contributed by atoms with Gasteiger partial charge in [0, 0.05) is 0 Å². The van der Waals surface area contributed by atoms with Crippen LogP contribution >= 0.6 is 19.7 Å². The molecule has 0 rings (SSSR count). The minimum Gasteiger partial charge on any atom is -0.221 e. The van der Waals surface area contributed by atoms with Crippen molar-refractivity contribution in [1.82, 2.24) is 0 Å². The molecule has 0 bridgehead atoms. The third-order valence-electron chi connectivity index (χ3n) is 2.85. The smallest absolute Gasteiger partial charge is 0.221 e. The maximum Gasteiger partial charge on any atom is 0.545 e. The molecule has 0 amide bonds. The van der Waals surface area contributed by atoms with E-state index in [1.165, 1.54) is 0 Å². The molecule has 0 aliphatic carbocycles. The normalized spacial score (nSPS) is 16.7. The Morgan fingerprint density at radius 2 is 1.21 bits per heavy atom. The van der Waals surface area contributed by atoms with Crippen molar-refractivity contribution in [2.24, 2.45) is 0 Å². The van der Waals surface area contributed by atoms with Gasteiger partial charge in [0.25, 0.3) is 0 Å². The molecule has 0 aromatic rings. The quantitative estimate of drug-likeness (QED) is 0.106. The van der Waals surface area contributed by atoms with E-state index in [4.69, 9.17) is 11.9 Å². The van der Waals surface area contributed by atoms with Crippen molar-refractivity contribution in [3.8, 4) is 0 Å². The molecule has 0 N–H and O–H groups in total. The molecule has 0 spiro atoms. The lowest BCUT2D eigenvalue weighted by Crippen LogP contribution is -2.27. The Hall–Kier alpha value is -1.14. The van der Waals surface area contributed by atoms with Crippen LogP contribution in [-0.4, -0.2) is 24.6 Å². The van der Waals surface area contributed by atoms with Crippen LogP contribution in [-0.2, 0) is 27.8 Å². The third kappa shape index (κ3) is 8.91. The molecule has 2 atom stereocenters. The predicted octanol–water partition coefficient (Wildman–Crippen LogP) is 6.29. The van der Waals surface area contributed by atoms with E-state index in [9.17, 15) is 30.9 Å². The highest BCUT2D eigenvalue weighted by molar-refractivity contribution is 7.49. The van der Waals surface area contributed by atoms with Gasteiger partial charge < -0.3 is 0 Å². The van der Waals surface area contributed by atoms with Crippen LogP contribution in [0.25, 0.3) is 0 Å². The van der Waals surface area contributed by atoms with Gasteiger partial charge in [-0.05, 0) is 12.8 Å². The van der Waals surface area contributed by atoms with E-state index >= 15 is 0 Å². The standard InChI is InChI=1S/C14H16ClF6O6P/c1-5-7-11(9(3)13(16,17)18)23-26-28(22,25-15)27-24-12(8-6-2)10(4)14(19,20)21/h5-6,11-12H,1-4,7-8H2. The molecule has 0 heterocycles. The highest BCUT2D eigenvalue weighted by Gasteiger charge is 2.42. The van der Waals surface area contributed by atoms with Gasteiger partial charge in [-0.25, -0.2) is 14.3 Å². The van der Waals surface area contributed by atoms with Crippen molar-refractivity contribution in [3.05, 3.63) is 49.6 Å². The second-order valence-corrected chi connectivity index (χ2v) is 6.67. The first-order chi connectivity index (χ1) is 12.7. The van der Waals surface area contributed by atoms with Crippen molar-refractivity contribution in [1.29, 1.82) is 0 Å². The number of rotatable bonds is 13. The fourth-order valence-electron chi connectivity index (χ4n) is 1.39. The molecule has 0 aromatic carbocycles. The molecule has 0 aromatic heterocycles. The molecule has 0 aliphatic heterocycles. The van der Waals surface area contributed by atoms with Gasteiger partial charge in [0.05, 0.1) is 23.0 Å². The molecule has 14 heteroatoms. The lowest BCUT2D eigenvalue weighted by Gasteiger charge is -2.23. The Bertz CT molecular complexity index is 572. The van der Waals surface area contributed by atoms with E-state index < -0.39 is 56.4 Å². The Kier molecular flexibility index (Phi) is 10.7. The molecule has 162 valence electrons. The molecule has 0 radical (unpaired) electrons. The number of alkyl halides is 6. The van der Waals surface area contributed by atoms with Gasteiger partial charge in [-0.15, -0.1) is 22.5 Å². The van der Waals surface area contributed by atoms with E-state index in [0.717, 1.165) is 12.2 Å². The second-order valence-electron chi connectivity index (χ2n) is 4.93. The molecule has 0 saturated heterocycles. The Balaban J connectivity index is 5.16. The van der Waals surface area contributed by atoms with Gasteiger partial charge in [0.1, 0.15) is 12.2 Å². The zero-order valence-electron chi connectivity index (χ0n) is 14.1. The molecule has 28 heavy (non-hydrogen) atoms. The topological polar surface area (TPSA) is 63.2 Å². The highest BCUT2D eigenvalue weighted by Crippen LogP contribution is 2.52. The molecular formula is C14H16ClF6O6P. The molecule has 0 fully saturated rings. The summed E-state index contributed by atoms with van der Waals surface area (Å²) in [5.74, 6) is 0. The Morgan fingerprint density at radius 1 is 0.893 bits per heavy atom. The van der Waals surface area contributed by atoms with Crippen LogP contribution in [0.15, 0.2) is 49.6 Å². The Morgan fingerprint density at radius 3 is 1.43 bits per heavy atom. The summed E-state index contributed by atoms with van der Waals surface area (Å²) < 4.78 is 100. The number of hydrogen-bond donors (Lipinski definition) is 0. The summed E-state index contributed by atoms with van der Waals surface area (Å²) in [4.78, 5) is 8.63. The summed E-state index contributed by atoms with van der Waals surface area (Å²) in [5.41, 5.74) is -2.88. The molecule has 0 saturated carbocycles. The number of phosphoric acid groups is 1. The van der Waals surface area contributed by atoms with Crippen molar-refractivity contribution >= 4 is 19.7 Å².